The van der Waals surface area contributed by atoms with Crippen LogP contribution >= 0.6 is 0 Å². The molecule has 2 fully saturated rings. The van der Waals surface area contributed by atoms with Gasteiger partial charge in [0.2, 0.25) is 5.95 Å². The Hall–Kier alpha value is -1.65. The van der Waals surface area contributed by atoms with Crippen LogP contribution in [-0.2, 0) is 4.79 Å². The Bertz CT molecular complexity index is 445. The van der Waals surface area contributed by atoms with Gasteiger partial charge in [-0.25, -0.2) is 14.8 Å². The lowest BCUT2D eigenvalue weighted by Gasteiger charge is -2.21. The predicted octanol–water partition coefficient (Wildman–Crippen LogP) is 1.41. The molecule has 17 heavy (non-hydrogen) atoms. The smallest absolute Gasteiger partial charge is 0.326 e. The quantitative estimate of drug-likeness (QED) is 0.855. The minimum Gasteiger partial charge on any atom is -0.480 e. The van der Waals surface area contributed by atoms with Crippen molar-refractivity contribution in [1.82, 2.24) is 9.97 Å². The van der Waals surface area contributed by atoms with Crippen molar-refractivity contribution in [1.29, 1.82) is 0 Å². The predicted molar refractivity (Wildman–Crippen MR) is 62.0 cm³/mol. The Labute approximate surface area is 99.5 Å². The van der Waals surface area contributed by atoms with Crippen LogP contribution in [0.4, 0.5) is 5.95 Å². The number of carboxylic acids is 1. The Morgan fingerprint density at radius 2 is 2.24 bits per heavy atom. The van der Waals surface area contributed by atoms with E-state index in [4.69, 9.17) is 5.11 Å². The summed E-state index contributed by atoms with van der Waals surface area (Å²) in [5.41, 5.74) is 1.06. The van der Waals surface area contributed by atoms with Crippen LogP contribution in [0.5, 0.6) is 0 Å². The van der Waals surface area contributed by atoms with Crippen molar-refractivity contribution in [2.75, 3.05) is 11.4 Å². The van der Waals surface area contributed by atoms with E-state index < -0.39 is 12.0 Å². The lowest BCUT2D eigenvalue weighted by atomic mass is 10.2. The van der Waals surface area contributed by atoms with E-state index in [9.17, 15) is 4.79 Å². The topological polar surface area (TPSA) is 66.3 Å². The molecule has 5 heteroatoms. The molecule has 0 amide bonds. The van der Waals surface area contributed by atoms with Gasteiger partial charge < -0.3 is 10.0 Å². The molecule has 2 aliphatic rings. The Kier molecular flexibility index (Phi) is 2.46. The molecule has 1 saturated heterocycles. The van der Waals surface area contributed by atoms with Crippen LogP contribution < -0.4 is 4.90 Å². The first kappa shape index (κ1) is 10.5. The van der Waals surface area contributed by atoms with Crippen LogP contribution in [0.25, 0.3) is 0 Å². The van der Waals surface area contributed by atoms with E-state index in [1.165, 1.54) is 12.8 Å². The standard InChI is InChI=1S/C12H15N3O2/c16-11(17)10-2-1-7-15(10)12-13-6-5-9(14-12)8-3-4-8/h5-6,8,10H,1-4,7H2,(H,16,17). The summed E-state index contributed by atoms with van der Waals surface area (Å²) in [7, 11) is 0. The second kappa shape index (κ2) is 3.98. The van der Waals surface area contributed by atoms with E-state index in [0.29, 0.717) is 18.3 Å². The molecule has 0 radical (unpaired) electrons. The van der Waals surface area contributed by atoms with E-state index in [1.54, 1.807) is 6.20 Å². The zero-order valence-corrected chi connectivity index (χ0v) is 9.54. The van der Waals surface area contributed by atoms with Gasteiger partial charge in [-0.2, -0.15) is 0 Å². The van der Waals surface area contributed by atoms with Crippen molar-refractivity contribution in [3.8, 4) is 0 Å². The number of carboxylic acid groups (broad SMARTS) is 1. The highest BCUT2D eigenvalue weighted by Crippen LogP contribution is 2.39. The molecule has 3 rings (SSSR count). The molecule has 1 unspecified atom stereocenters. The van der Waals surface area contributed by atoms with E-state index in [1.807, 2.05) is 11.0 Å². The number of nitrogens with zero attached hydrogens (tertiary/aromatic N) is 3. The fraction of sp³-hybridized carbons (Fsp3) is 0.583. The highest BCUT2D eigenvalue weighted by atomic mass is 16.4. The summed E-state index contributed by atoms with van der Waals surface area (Å²) in [5, 5.41) is 9.14. The summed E-state index contributed by atoms with van der Waals surface area (Å²) < 4.78 is 0. The minimum absolute atomic E-state index is 0.454. The van der Waals surface area contributed by atoms with E-state index in [2.05, 4.69) is 9.97 Å². The molecule has 90 valence electrons. The van der Waals surface area contributed by atoms with Crippen LogP contribution in [0, 0.1) is 0 Å². The molecule has 1 N–H and O–H groups in total. The van der Waals surface area contributed by atoms with Gasteiger partial charge in [0.05, 0.1) is 0 Å². The van der Waals surface area contributed by atoms with Crippen LogP contribution in [0.2, 0.25) is 0 Å². The summed E-state index contributed by atoms with van der Waals surface area (Å²) in [6.07, 6.45) is 5.71. The number of anilines is 1. The second-order valence-corrected chi connectivity index (χ2v) is 4.75. The molecule has 5 nitrogen and oxygen atoms in total. The maximum atomic E-state index is 11.1. The molecule has 0 bridgehead atoms. The van der Waals surface area contributed by atoms with Gasteiger partial charge >= 0.3 is 5.97 Å². The van der Waals surface area contributed by atoms with Crippen molar-refractivity contribution in [2.45, 2.75) is 37.6 Å². The third-order valence-electron chi connectivity index (χ3n) is 3.45. The van der Waals surface area contributed by atoms with Crippen LogP contribution in [0.15, 0.2) is 12.3 Å². The average molecular weight is 233 g/mol. The third kappa shape index (κ3) is 1.97. The molecular weight excluding hydrogens is 218 g/mol. The van der Waals surface area contributed by atoms with Gasteiger partial charge in [-0.3, -0.25) is 0 Å². The number of carbonyl (C=O) groups is 1. The van der Waals surface area contributed by atoms with Gasteiger partial charge in [-0.15, -0.1) is 0 Å². The van der Waals surface area contributed by atoms with Crippen molar-refractivity contribution in [3.05, 3.63) is 18.0 Å². The van der Waals surface area contributed by atoms with E-state index in [0.717, 1.165) is 18.7 Å². The Morgan fingerprint density at radius 3 is 2.94 bits per heavy atom. The van der Waals surface area contributed by atoms with Crippen LogP contribution in [-0.4, -0.2) is 33.6 Å². The van der Waals surface area contributed by atoms with E-state index >= 15 is 0 Å². The molecule has 2 heterocycles. The number of aliphatic carboxylic acids is 1. The highest BCUT2D eigenvalue weighted by molar-refractivity contribution is 5.78. The molecule has 1 atom stereocenters. The first-order valence-electron chi connectivity index (χ1n) is 6.08. The normalized spacial score (nSPS) is 24.0. The summed E-state index contributed by atoms with van der Waals surface area (Å²) >= 11 is 0. The van der Waals surface area contributed by atoms with Gasteiger partial charge in [0.25, 0.3) is 0 Å². The SMILES string of the molecule is O=C(O)C1CCCN1c1nccc(C2CC2)n1. The molecule has 0 spiro atoms. The summed E-state index contributed by atoms with van der Waals surface area (Å²) in [6, 6.07) is 1.48. The van der Waals surface area contributed by atoms with Crippen molar-refractivity contribution < 1.29 is 9.90 Å². The average Bonchev–Trinajstić information content (AvgIpc) is 3.06. The lowest BCUT2D eigenvalue weighted by molar-refractivity contribution is -0.138. The summed E-state index contributed by atoms with van der Waals surface area (Å²) in [4.78, 5) is 21.6. The number of hydrogen-bond acceptors (Lipinski definition) is 4. The second-order valence-electron chi connectivity index (χ2n) is 4.75. The van der Waals surface area contributed by atoms with Crippen molar-refractivity contribution in [2.24, 2.45) is 0 Å². The largest absolute Gasteiger partial charge is 0.480 e. The molecule has 1 aromatic rings. The molecule has 1 aliphatic heterocycles. The van der Waals surface area contributed by atoms with Crippen LogP contribution in [0.3, 0.4) is 0 Å². The monoisotopic (exact) mass is 233 g/mol. The highest BCUT2D eigenvalue weighted by Gasteiger charge is 2.33. The van der Waals surface area contributed by atoms with E-state index in [-0.39, 0.29) is 0 Å². The number of rotatable bonds is 3. The number of aromatic nitrogens is 2. The summed E-state index contributed by atoms with van der Waals surface area (Å²) in [5.74, 6) is 0.379. The molecule has 0 aromatic carbocycles. The van der Waals surface area contributed by atoms with Crippen LogP contribution in [0.1, 0.15) is 37.3 Å². The lowest BCUT2D eigenvalue weighted by Crippen LogP contribution is -2.37. The zero-order valence-electron chi connectivity index (χ0n) is 9.54. The maximum Gasteiger partial charge on any atom is 0.326 e. The van der Waals surface area contributed by atoms with Gasteiger partial charge in [0, 0.05) is 24.4 Å². The maximum absolute atomic E-state index is 11.1. The van der Waals surface area contributed by atoms with Gasteiger partial charge in [-0.05, 0) is 31.7 Å². The first-order valence-corrected chi connectivity index (χ1v) is 6.08. The fourth-order valence-corrected chi connectivity index (χ4v) is 2.37. The van der Waals surface area contributed by atoms with Gasteiger partial charge in [0.1, 0.15) is 6.04 Å². The van der Waals surface area contributed by atoms with Gasteiger partial charge in [0.15, 0.2) is 0 Å². The summed E-state index contributed by atoms with van der Waals surface area (Å²) in [6.45, 7) is 0.741. The Balaban J connectivity index is 1.87. The van der Waals surface area contributed by atoms with Crippen molar-refractivity contribution >= 4 is 11.9 Å². The third-order valence-corrected chi connectivity index (χ3v) is 3.45. The minimum atomic E-state index is -0.775. The fourth-order valence-electron chi connectivity index (χ4n) is 2.37. The number of hydrogen-bond donors (Lipinski definition) is 1. The van der Waals surface area contributed by atoms with Crippen molar-refractivity contribution in [3.63, 3.8) is 0 Å². The molecule has 1 saturated carbocycles. The molecular formula is C12H15N3O2. The molecule has 1 aliphatic carbocycles. The zero-order chi connectivity index (χ0) is 11.8. The first-order chi connectivity index (χ1) is 8.25. The molecule has 1 aromatic heterocycles. The van der Waals surface area contributed by atoms with Gasteiger partial charge in [-0.1, -0.05) is 0 Å². The Morgan fingerprint density at radius 1 is 1.41 bits per heavy atom.